The van der Waals surface area contributed by atoms with Crippen LogP contribution in [0.2, 0.25) is 0 Å². The molecule has 0 unspecified atom stereocenters. The van der Waals surface area contributed by atoms with Crippen molar-refractivity contribution < 1.29 is 0 Å². The molecule has 2 aliphatic heterocycles. The summed E-state index contributed by atoms with van der Waals surface area (Å²) in [4.78, 5) is 5.20. The average molecular weight is 529 g/mol. The van der Waals surface area contributed by atoms with Gasteiger partial charge in [-0.05, 0) is 126 Å². The lowest BCUT2D eigenvalue weighted by atomic mass is 9.33. The van der Waals surface area contributed by atoms with E-state index in [9.17, 15) is 0 Å². The fourth-order valence-corrected chi connectivity index (χ4v) is 8.28. The third-order valence-corrected chi connectivity index (χ3v) is 10.00. The molecule has 2 aliphatic carbocycles. The molecule has 5 aromatic carbocycles. The van der Waals surface area contributed by atoms with Crippen LogP contribution in [0.4, 0.5) is 34.1 Å². The molecular formula is C38H33BN2. The minimum Gasteiger partial charge on any atom is -0.311 e. The number of fused-ring (bicyclic) bond motifs is 8. The normalized spacial score (nSPS) is 16.3. The molecule has 0 N–H and O–H groups in total. The number of benzene rings is 5. The van der Waals surface area contributed by atoms with E-state index in [1.165, 1.54) is 89.0 Å². The SMILES string of the molecule is c1ccc(N2c3cccc4c3B(c3ccc5c(c32)CCCC5)c2ccc3c(c2N4c2ccccc2)CCCC3)cc1. The molecule has 2 nitrogen and oxygen atoms in total. The molecule has 0 radical (unpaired) electrons. The molecule has 0 bridgehead atoms. The van der Waals surface area contributed by atoms with Crippen molar-refractivity contribution in [2.45, 2.75) is 51.4 Å². The summed E-state index contributed by atoms with van der Waals surface area (Å²) in [5, 5.41) is 0. The first kappa shape index (κ1) is 23.5. The van der Waals surface area contributed by atoms with Crippen molar-refractivity contribution in [3.05, 3.63) is 125 Å². The number of rotatable bonds is 2. The molecule has 198 valence electrons. The summed E-state index contributed by atoms with van der Waals surface area (Å²) in [7, 11) is 0. The van der Waals surface area contributed by atoms with Crippen molar-refractivity contribution in [2.24, 2.45) is 0 Å². The van der Waals surface area contributed by atoms with Gasteiger partial charge >= 0.3 is 0 Å². The van der Waals surface area contributed by atoms with Gasteiger partial charge in [-0.2, -0.15) is 0 Å². The van der Waals surface area contributed by atoms with Crippen molar-refractivity contribution in [3.63, 3.8) is 0 Å². The summed E-state index contributed by atoms with van der Waals surface area (Å²) < 4.78 is 0. The first-order valence-corrected chi connectivity index (χ1v) is 15.5. The molecule has 0 atom stereocenters. The van der Waals surface area contributed by atoms with Gasteiger partial charge < -0.3 is 9.80 Å². The van der Waals surface area contributed by atoms with Gasteiger partial charge in [-0.3, -0.25) is 0 Å². The van der Waals surface area contributed by atoms with Crippen LogP contribution >= 0.6 is 0 Å². The van der Waals surface area contributed by atoms with Gasteiger partial charge in [0.15, 0.2) is 0 Å². The van der Waals surface area contributed by atoms with Gasteiger partial charge in [0.25, 0.3) is 6.71 Å². The number of nitrogens with zero attached hydrogens (tertiary/aromatic N) is 2. The zero-order valence-electron chi connectivity index (χ0n) is 23.4. The average Bonchev–Trinajstić information content (AvgIpc) is 3.05. The standard InChI is InChI=1S/C38H33BN2/c1-3-14-28(15-4-1)40-34-20-11-21-35-36(34)39(32-24-22-26-12-7-9-18-30(26)37(32)40)33-25-23-27-13-8-10-19-31(27)38(33)41(35)29-16-5-2-6-17-29/h1-6,11,14-17,20-25H,7-10,12-13,18-19H2. The fourth-order valence-electron chi connectivity index (χ4n) is 8.28. The zero-order valence-corrected chi connectivity index (χ0v) is 23.4. The Hall–Kier alpha value is -4.24. The van der Waals surface area contributed by atoms with Crippen LogP contribution in [0, 0.1) is 0 Å². The van der Waals surface area contributed by atoms with Crippen molar-refractivity contribution in [3.8, 4) is 0 Å². The van der Waals surface area contributed by atoms with Crippen LogP contribution in [0.25, 0.3) is 0 Å². The number of aryl methyl sites for hydroxylation is 2. The summed E-state index contributed by atoms with van der Waals surface area (Å²) >= 11 is 0. The van der Waals surface area contributed by atoms with Gasteiger partial charge in [0.1, 0.15) is 0 Å². The van der Waals surface area contributed by atoms with Gasteiger partial charge in [-0.15, -0.1) is 0 Å². The van der Waals surface area contributed by atoms with Crippen LogP contribution in [0.5, 0.6) is 0 Å². The van der Waals surface area contributed by atoms with Crippen LogP contribution in [0.1, 0.15) is 47.9 Å². The quantitative estimate of drug-likeness (QED) is 0.214. The van der Waals surface area contributed by atoms with Crippen LogP contribution < -0.4 is 26.2 Å². The molecular weight excluding hydrogens is 495 g/mol. The van der Waals surface area contributed by atoms with Crippen LogP contribution in [-0.4, -0.2) is 6.71 Å². The number of para-hydroxylation sites is 2. The molecule has 0 fully saturated rings. The Labute approximate surface area is 243 Å². The summed E-state index contributed by atoms with van der Waals surface area (Å²) in [5.41, 5.74) is 18.7. The second-order valence-corrected chi connectivity index (χ2v) is 12.2. The summed E-state index contributed by atoms with van der Waals surface area (Å²) in [6.07, 6.45) is 9.84. The Morgan fingerprint density at radius 1 is 0.439 bits per heavy atom. The number of hydrogen-bond acceptors (Lipinski definition) is 2. The van der Waals surface area contributed by atoms with E-state index in [4.69, 9.17) is 0 Å². The molecule has 5 aromatic rings. The van der Waals surface area contributed by atoms with Crippen molar-refractivity contribution in [2.75, 3.05) is 9.80 Å². The summed E-state index contributed by atoms with van der Waals surface area (Å²) in [6, 6.07) is 39.1. The first-order chi connectivity index (χ1) is 20.4. The molecule has 4 aliphatic rings. The second-order valence-electron chi connectivity index (χ2n) is 12.2. The molecule has 41 heavy (non-hydrogen) atoms. The zero-order chi connectivity index (χ0) is 26.9. The largest absolute Gasteiger partial charge is 0.311 e. The van der Waals surface area contributed by atoms with Gasteiger partial charge in [0.2, 0.25) is 0 Å². The monoisotopic (exact) mass is 528 g/mol. The molecule has 9 rings (SSSR count). The minimum absolute atomic E-state index is 0.227. The second kappa shape index (κ2) is 9.14. The topological polar surface area (TPSA) is 6.48 Å². The highest BCUT2D eigenvalue weighted by atomic mass is 15.2. The molecule has 0 saturated heterocycles. The van der Waals surface area contributed by atoms with E-state index in [2.05, 4.69) is 113 Å². The molecule has 0 saturated carbocycles. The van der Waals surface area contributed by atoms with Gasteiger partial charge in [0, 0.05) is 34.1 Å². The third kappa shape index (κ3) is 3.38. The lowest BCUT2D eigenvalue weighted by molar-refractivity contribution is 0.686. The Morgan fingerprint density at radius 3 is 1.39 bits per heavy atom. The molecule has 2 heterocycles. The fraction of sp³-hybridized carbons (Fsp3) is 0.211. The maximum absolute atomic E-state index is 2.60. The Kier molecular flexibility index (Phi) is 5.23. The van der Waals surface area contributed by atoms with Crippen LogP contribution in [0.3, 0.4) is 0 Å². The maximum Gasteiger partial charge on any atom is 0.252 e. The highest BCUT2D eigenvalue weighted by molar-refractivity contribution is 7.00. The first-order valence-electron chi connectivity index (χ1n) is 15.5. The van der Waals surface area contributed by atoms with E-state index in [0.29, 0.717) is 0 Å². The number of anilines is 6. The highest BCUT2D eigenvalue weighted by Gasteiger charge is 2.45. The maximum atomic E-state index is 2.60. The predicted octanol–water partition coefficient (Wildman–Crippen LogP) is 7.53. The minimum atomic E-state index is 0.227. The third-order valence-electron chi connectivity index (χ3n) is 10.00. The van der Waals surface area contributed by atoms with E-state index in [0.717, 1.165) is 12.8 Å². The van der Waals surface area contributed by atoms with E-state index in [1.807, 2.05) is 0 Å². The lowest BCUT2D eigenvalue weighted by Crippen LogP contribution is -2.62. The predicted molar refractivity (Wildman–Crippen MR) is 174 cm³/mol. The van der Waals surface area contributed by atoms with E-state index >= 15 is 0 Å². The summed E-state index contributed by atoms with van der Waals surface area (Å²) in [5.74, 6) is 0. The van der Waals surface area contributed by atoms with Crippen molar-refractivity contribution in [1.82, 2.24) is 0 Å². The molecule has 0 aromatic heterocycles. The lowest BCUT2D eigenvalue weighted by Gasteiger charge is -2.46. The van der Waals surface area contributed by atoms with Crippen LogP contribution in [0.15, 0.2) is 103 Å². The van der Waals surface area contributed by atoms with Crippen molar-refractivity contribution >= 4 is 57.2 Å². The van der Waals surface area contributed by atoms with Crippen LogP contribution in [-0.2, 0) is 25.7 Å². The smallest absolute Gasteiger partial charge is 0.252 e. The van der Waals surface area contributed by atoms with E-state index < -0.39 is 0 Å². The Bertz CT molecular complexity index is 1680. The summed E-state index contributed by atoms with van der Waals surface area (Å²) in [6.45, 7) is 0.227. The van der Waals surface area contributed by atoms with E-state index in [-0.39, 0.29) is 6.71 Å². The molecule has 3 heteroatoms. The van der Waals surface area contributed by atoms with Gasteiger partial charge in [-0.1, -0.05) is 66.7 Å². The molecule has 0 amide bonds. The van der Waals surface area contributed by atoms with E-state index in [1.54, 1.807) is 22.3 Å². The molecule has 0 spiro atoms. The Balaban J connectivity index is 1.40. The van der Waals surface area contributed by atoms with Crippen molar-refractivity contribution in [1.29, 1.82) is 0 Å². The van der Waals surface area contributed by atoms with Gasteiger partial charge in [-0.25, -0.2) is 0 Å². The van der Waals surface area contributed by atoms with Gasteiger partial charge in [0.05, 0.1) is 0 Å². The highest BCUT2D eigenvalue weighted by Crippen LogP contribution is 2.47. The Morgan fingerprint density at radius 2 is 0.902 bits per heavy atom. The number of hydrogen-bond donors (Lipinski definition) is 0.